The van der Waals surface area contributed by atoms with Gasteiger partial charge in [-0.2, -0.15) is 0 Å². The van der Waals surface area contributed by atoms with Gasteiger partial charge in [-0.25, -0.2) is 9.18 Å². The number of hydrogen-bond donors (Lipinski definition) is 2. The molecule has 0 aromatic heterocycles. The Morgan fingerprint density at radius 2 is 1.71 bits per heavy atom. The van der Waals surface area contributed by atoms with Crippen molar-refractivity contribution < 1.29 is 14.0 Å². The average molecular weight is 463 g/mol. The maximum atomic E-state index is 13.9. The van der Waals surface area contributed by atoms with Crippen LogP contribution in [0.3, 0.4) is 0 Å². The molecule has 0 aliphatic carbocycles. The van der Waals surface area contributed by atoms with Crippen molar-refractivity contribution in [3.8, 4) is 0 Å². The van der Waals surface area contributed by atoms with E-state index in [9.17, 15) is 14.0 Å². The van der Waals surface area contributed by atoms with Gasteiger partial charge in [0.15, 0.2) is 0 Å². The lowest BCUT2D eigenvalue weighted by Crippen LogP contribution is -2.34. The van der Waals surface area contributed by atoms with Crippen LogP contribution in [-0.4, -0.2) is 37.5 Å². The fourth-order valence-corrected chi connectivity index (χ4v) is 3.83. The Morgan fingerprint density at radius 1 is 0.971 bits per heavy atom. The monoisotopic (exact) mass is 462 g/mol. The van der Waals surface area contributed by atoms with Crippen molar-refractivity contribution in [2.75, 3.05) is 30.9 Å². The molecule has 1 atom stereocenters. The molecular formula is C27H31FN4O2. The summed E-state index contributed by atoms with van der Waals surface area (Å²) in [6.07, 6.45) is 0. The SMILES string of the molecule is CCNC(=O)Nc1ccc(N(C)C)c(CN(C(=O)c2cccc(F)c2)[C@@H](C)c2ccccc2)c1. The highest BCUT2D eigenvalue weighted by molar-refractivity contribution is 5.94. The van der Waals surface area contributed by atoms with Gasteiger partial charge in [0.25, 0.3) is 5.91 Å². The second kappa shape index (κ2) is 11.3. The lowest BCUT2D eigenvalue weighted by Gasteiger charge is -2.31. The van der Waals surface area contributed by atoms with Crippen LogP contribution in [0.4, 0.5) is 20.6 Å². The first-order valence-electron chi connectivity index (χ1n) is 11.3. The minimum absolute atomic E-state index is 0.268. The van der Waals surface area contributed by atoms with Gasteiger partial charge in [-0.3, -0.25) is 4.79 Å². The van der Waals surface area contributed by atoms with Crippen LogP contribution < -0.4 is 15.5 Å². The third-order valence-corrected chi connectivity index (χ3v) is 5.58. The number of rotatable bonds is 8. The van der Waals surface area contributed by atoms with Crippen molar-refractivity contribution in [1.29, 1.82) is 0 Å². The zero-order valence-corrected chi connectivity index (χ0v) is 20.0. The Labute approximate surface area is 200 Å². The molecule has 3 amide bonds. The zero-order chi connectivity index (χ0) is 24.7. The number of halogens is 1. The van der Waals surface area contributed by atoms with E-state index < -0.39 is 5.82 Å². The molecule has 0 saturated heterocycles. The van der Waals surface area contributed by atoms with Crippen molar-refractivity contribution in [1.82, 2.24) is 10.2 Å². The van der Waals surface area contributed by atoms with Gasteiger partial charge in [0.1, 0.15) is 5.82 Å². The van der Waals surface area contributed by atoms with Gasteiger partial charge >= 0.3 is 6.03 Å². The number of carbonyl (C=O) groups is 2. The molecule has 3 rings (SSSR count). The van der Waals surface area contributed by atoms with E-state index in [1.54, 1.807) is 11.0 Å². The van der Waals surface area contributed by atoms with Crippen LogP contribution in [0, 0.1) is 5.82 Å². The van der Waals surface area contributed by atoms with E-state index >= 15 is 0 Å². The van der Waals surface area contributed by atoms with Crippen molar-refractivity contribution >= 4 is 23.3 Å². The molecule has 0 heterocycles. The Kier molecular flexibility index (Phi) is 8.24. The second-order valence-corrected chi connectivity index (χ2v) is 8.25. The summed E-state index contributed by atoms with van der Waals surface area (Å²) in [4.78, 5) is 29.3. The smallest absolute Gasteiger partial charge is 0.319 e. The summed E-state index contributed by atoms with van der Waals surface area (Å²) in [5.41, 5.74) is 3.64. The third kappa shape index (κ3) is 6.13. The van der Waals surface area contributed by atoms with Crippen molar-refractivity contribution in [2.24, 2.45) is 0 Å². The number of amides is 3. The van der Waals surface area contributed by atoms with E-state index in [1.807, 2.05) is 81.4 Å². The van der Waals surface area contributed by atoms with Gasteiger partial charge < -0.3 is 20.4 Å². The van der Waals surface area contributed by atoms with Crippen LogP contribution in [0.25, 0.3) is 0 Å². The quantitative estimate of drug-likeness (QED) is 0.469. The molecule has 0 aliphatic rings. The number of nitrogens with zero attached hydrogens (tertiary/aromatic N) is 2. The molecule has 0 spiro atoms. The first-order valence-corrected chi connectivity index (χ1v) is 11.3. The van der Waals surface area contributed by atoms with Gasteiger partial charge in [0.2, 0.25) is 0 Å². The van der Waals surface area contributed by atoms with E-state index in [4.69, 9.17) is 0 Å². The summed E-state index contributed by atoms with van der Waals surface area (Å²) < 4.78 is 13.9. The van der Waals surface area contributed by atoms with Gasteiger partial charge in [-0.1, -0.05) is 36.4 Å². The summed E-state index contributed by atoms with van der Waals surface area (Å²) >= 11 is 0. The molecule has 0 aliphatic heterocycles. The molecular weight excluding hydrogens is 431 g/mol. The predicted molar refractivity (Wildman–Crippen MR) is 135 cm³/mol. The Bertz CT molecular complexity index is 1130. The van der Waals surface area contributed by atoms with E-state index in [1.165, 1.54) is 18.2 Å². The average Bonchev–Trinajstić information content (AvgIpc) is 2.82. The summed E-state index contributed by atoms with van der Waals surface area (Å²) in [6, 6.07) is 20.5. The van der Waals surface area contributed by atoms with Gasteiger partial charge in [-0.05, 0) is 61.4 Å². The molecule has 3 aromatic carbocycles. The van der Waals surface area contributed by atoms with E-state index in [2.05, 4.69) is 10.6 Å². The summed E-state index contributed by atoms with van der Waals surface area (Å²) in [5.74, 6) is -0.733. The highest BCUT2D eigenvalue weighted by Gasteiger charge is 2.25. The van der Waals surface area contributed by atoms with Crippen molar-refractivity contribution in [3.05, 3.63) is 95.3 Å². The summed E-state index contributed by atoms with van der Waals surface area (Å²) in [7, 11) is 3.85. The number of nitrogens with one attached hydrogen (secondary N) is 2. The van der Waals surface area contributed by atoms with Gasteiger partial charge in [0.05, 0.1) is 6.04 Å². The molecule has 6 nitrogen and oxygen atoms in total. The molecule has 2 N–H and O–H groups in total. The Hall–Kier alpha value is -3.87. The highest BCUT2D eigenvalue weighted by Crippen LogP contribution is 2.30. The van der Waals surface area contributed by atoms with Crippen LogP contribution in [0.5, 0.6) is 0 Å². The maximum Gasteiger partial charge on any atom is 0.319 e. The Balaban J connectivity index is 2.02. The van der Waals surface area contributed by atoms with Crippen molar-refractivity contribution in [2.45, 2.75) is 26.4 Å². The first-order chi connectivity index (χ1) is 16.3. The molecule has 0 unspecified atom stereocenters. The molecule has 0 bridgehead atoms. The van der Waals surface area contributed by atoms with Crippen LogP contribution in [0.1, 0.15) is 41.4 Å². The topological polar surface area (TPSA) is 64.7 Å². The second-order valence-electron chi connectivity index (χ2n) is 8.25. The van der Waals surface area contributed by atoms with E-state index in [-0.39, 0.29) is 30.1 Å². The fourth-order valence-electron chi connectivity index (χ4n) is 3.83. The largest absolute Gasteiger partial charge is 0.377 e. The molecule has 7 heteroatoms. The van der Waals surface area contributed by atoms with E-state index in [0.29, 0.717) is 12.2 Å². The minimum Gasteiger partial charge on any atom is -0.377 e. The molecule has 0 saturated carbocycles. The molecule has 178 valence electrons. The standard InChI is InChI=1S/C27H31FN4O2/c1-5-29-27(34)30-24-14-15-25(31(3)4)22(17-24)18-32(19(2)20-10-7-6-8-11-20)26(33)21-12-9-13-23(28)16-21/h6-17,19H,5,18H2,1-4H3,(H2,29,30,34)/t19-/m0/s1. The lowest BCUT2D eigenvalue weighted by molar-refractivity contribution is 0.0674. The molecule has 0 fully saturated rings. The summed E-state index contributed by atoms with van der Waals surface area (Å²) in [6.45, 7) is 4.59. The number of urea groups is 1. The molecule has 0 radical (unpaired) electrons. The fraction of sp³-hybridized carbons (Fsp3) is 0.259. The highest BCUT2D eigenvalue weighted by atomic mass is 19.1. The van der Waals surface area contributed by atoms with Crippen LogP contribution in [0.2, 0.25) is 0 Å². The normalized spacial score (nSPS) is 11.4. The van der Waals surface area contributed by atoms with Gasteiger partial charge in [-0.15, -0.1) is 0 Å². The molecule has 34 heavy (non-hydrogen) atoms. The van der Waals surface area contributed by atoms with E-state index in [0.717, 1.165) is 16.8 Å². The Morgan fingerprint density at radius 3 is 2.35 bits per heavy atom. The summed E-state index contributed by atoms with van der Waals surface area (Å²) in [5, 5.41) is 5.55. The lowest BCUT2D eigenvalue weighted by atomic mass is 10.0. The van der Waals surface area contributed by atoms with Crippen LogP contribution in [-0.2, 0) is 6.54 Å². The first kappa shape index (κ1) is 24.8. The van der Waals surface area contributed by atoms with Crippen molar-refractivity contribution in [3.63, 3.8) is 0 Å². The maximum absolute atomic E-state index is 13.9. The third-order valence-electron chi connectivity index (χ3n) is 5.58. The number of carbonyl (C=O) groups excluding carboxylic acids is 2. The number of benzene rings is 3. The molecule has 3 aromatic rings. The predicted octanol–water partition coefficient (Wildman–Crippen LogP) is 5.44. The number of anilines is 2. The zero-order valence-electron chi connectivity index (χ0n) is 20.0. The minimum atomic E-state index is -0.458. The van der Waals surface area contributed by atoms with Crippen LogP contribution in [0.15, 0.2) is 72.8 Å². The van der Waals surface area contributed by atoms with Gasteiger partial charge in [0, 0.05) is 44.1 Å². The number of hydrogen-bond acceptors (Lipinski definition) is 3. The van der Waals surface area contributed by atoms with Crippen LogP contribution >= 0.6 is 0 Å².